The van der Waals surface area contributed by atoms with E-state index in [0.717, 1.165) is 0 Å². The van der Waals surface area contributed by atoms with Crippen LogP contribution in [0.25, 0.3) is 11.2 Å². The van der Waals surface area contributed by atoms with E-state index in [1.165, 1.54) is 6.33 Å². The van der Waals surface area contributed by atoms with Crippen molar-refractivity contribution in [2.45, 2.75) is 31.0 Å². The Morgan fingerprint density at radius 2 is 2.47 bits per heavy atom. The van der Waals surface area contributed by atoms with Gasteiger partial charge < -0.3 is 15.4 Å². The molecule has 0 amide bonds. The maximum atomic E-state index is 14.0. The van der Waals surface area contributed by atoms with E-state index in [1.54, 1.807) is 4.57 Å². The van der Waals surface area contributed by atoms with Crippen LogP contribution in [0.2, 0.25) is 0 Å². The van der Waals surface area contributed by atoms with Crippen LogP contribution in [0.5, 0.6) is 0 Å². The second-order valence-electron chi connectivity index (χ2n) is 4.98. The maximum Gasteiger partial charge on any atom is 0.280 e. The highest BCUT2D eigenvalue weighted by molar-refractivity contribution is 5.70. The SMILES string of the molecule is Nc1nc2c(ncn2[C@H]2CC[C@@](F)(CO)C2)c(=O)[nH]1. The van der Waals surface area contributed by atoms with Crippen molar-refractivity contribution in [1.82, 2.24) is 19.5 Å². The molecule has 7 nitrogen and oxygen atoms in total. The molecule has 2 heterocycles. The minimum atomic E-state index is -1.56. The fourth-order valence-corrected chi connectivity index (χ4v) is 2.64. The number of fused-ring (bicyclic) bond motifs is 1. The molecule has 2 aromatic rings. The molecule has 2 atom stereocenters. The molecule has 1 aliphatic rings. The van der Waals surface area contributed by atoms with Gasteiger partial charge in [0.1, 0.15) is 5.67 Å². The van der Waals surface area contributed by atoms with Crippen molar-refractivity contribution in [2.75, 3.05) is 12.3 Å². The molecule has 0 aromatic carbocycles. The minimum absolute atomic E-state index is 0.00548. The van der Waals surface area contributed by atoms with Gasteiger partial charge in [0.15, 0.2) is 11.2 Å². The monoisotopic (exact) mass is 267 g/mol. The number of H-pyrrole nitrogens is 1. The summed E-state index contributed by atoms with van der Waals surface area (Å²) < 4.78 is 15.7. The zero-order chi connectivity index (χ0) is 13.6. The van der Waals surface area contributed by atoms with Crippen molar-refractivity contribution in [3.63, 3.8) is 0 Å². The summed E-state index contributed by atoms with van der Waals surface area (Å²) in [6, 6.07) is -0.171. The summed E-state index contributed by atoms with van der Waals surface area (Å²) in [4.78, 5) is 22.1. The van der Waals surface area contributed by atoms with Gasteiger partial charge in [0.05, 0.1) is 12.9 Å². The highest BCUT2D eigenvalue weighted by atomic mass is 19.1. The molecule has 1 saturated carbocycles. The smallest absolute Gasteiger partial charge is 0.280 e. The van der Waals surface area contributed by atoms with Crippen LogP contribution in [-0.2, 0) is 0 Å². The lowest BCUT2D eigenvalue weighted by Gasteiger charge is -2.17. The first-order chi connectivity index (χ1) is 9.02. The van der Waals surface area contributed by atoms with E-state index in [1.807, 2.05) is 0 Å². The summed E-state index contributed by atoms with van der Waals surface area (Å²) in [5.74, 6) is 0.00548. The van der Waals surface area contributed by atoms with Gasteiger partial charge in [0, 0.05) is 12.5 Å². The number of aliphatic hydroxyl groups is 1. The molecule has 8 heteroatoms. The first-order valence-corrected chi connectivity index (χ1v) is 6.04. The zero-order valence-corrected chi connectivity index (χ0v) is 10.1. The van der Waals surface area contributed by atoms with Gasteiger partial charge in [-0.25, -0.2) is 9.37 Å². The number of alkyl halides is 1. The number of aromatic amines is 1. The predicted molar refractivity (Wildman–Crippen MR) is 66.4 cm³/mol. The molecule has 0 unspecified atom stereocenters. The molecule has 0 saturated heterocycles. The Bertz CT molecular complexity index is 681. The van der Waals surface area contributed by atoms with Crippen molar-refractivity contribution in [2.24, 2.45) is 0 Å². The van der Waals surface area contributed by atoms with Crippen LogP contribution in [0.3, 0.4) is 0 Å². The second-order valence-corrected chi connectivity index (χ2v) is 4.98. The van der Waals surface area contributed by atoms with Crippen molar-refractivity contribution >= 4 is 17.1 Å². The lowest BCUT2D eigenvalue weighted by Crippen LogP contribution is -2.24. The molecular formula is C11H14FN5O2. The number of nitrogens with zero attached hydrogens (tertiary/aromatic N) is 3. The Kier molecular flexibility index (Phi) is 2.56. The molecule has 19 heavy (non-hydrogen) atoms. The molecule has 1 fully saturated rings. The summed E-state index contributed by atoms with van der Waals surface area (Å²) in [6.07, 6.45) is 2.51. The number of halogens is 1. The van der Waals surface area contributed by atoms with Gasteiger partial charge in [0.2, 0.25) is 5.95 Å². The minimum Gasteiger partial charge on any atom is -0.393 e. The van der Waals surface area contributed by atoms with Gasteiger partial charge in [0.25, 0.3) is 5.56 Å². The molecule has 2 aromatic heterocycles. The number of hydrogen-bond donors (Lipinski definition) is 3. The zero-order valence-electron chi connectivity index (χ0n) is 10.1. The van der Waals surface area contributed by atoms with Gasteiger partial charge >= 0.3 is 0 Å². The van der Waals surface area contributed by atoms with Gasteiger partial charge in [-0.3, -0.25) is 9.78 Å². The van der Waals surface area contributed by atoms with E-state index >= 15 is 0 Å². The number of aliphatic hydroxyl groups excluding tert-OH is 1. The number of nitrogens with one attached hydrogen (secondary N) is 1. The van der Waals surface area contributed by atoms with E-state index in [4.69, 9.17) is 10.8 Å². The van der Waals surface area contributed by atoms with Crippen LogP contribution < -0.4 is 11.3 Å². The van der Waals surface area contributed by atoms with Crippen molar-refractivity contribution < 1.29 is 9.50 Å². The van der Waals surface area contributed by atoms with Crippen molar-refractivity contribution in [1.29, 1.82) is 0 Å². The number of aromatic nitrogens is 4. The van der Waals surface area contributed by atoms with Crippen LogP contribution in [0.4, 0.5) is 10.3 Å². The molecule has 0 bridgehead atoms. The summed E-state index contributed by atoms with van der Waals surface area (Å²) in [7, 11) is 0. The van der Waals surface area contributed by atoms with Crippen LogP contribution >= 0.6 is 0 Å². The van der Waals surface area contributed by atoms with Gasteiger partial charge in [-0.2, -0.15) is 4.98 Å². The third-order valence-corrected chi connectivity index (χ3v) is 3.65. The van der Waals surface area contributed by atoms with Crippen LogP contribution in [-0.4, -0.2) is 36.9 Å². The van der Waals surface area contributed by atoms with Crippen molar-refractivity contribution in [3.05, 3.63) is 16.7 Å². The van der Waals surface area contributed by atoms with E-state index in [-0.39, 0.29) is 30.3 Å². The number of rotatable bonds is 2. The van der Waals surface area contributed by atoms with Crippen LogP contribution in [0, 0.1) is 0 Å². The van der Waals surface area contributed by atoms with E-state index in [2.05, 4.69) is 15.0 Å². The fourth-order valence-electron chi connectivity index (χ4n) is 2.64. The summed E-state index contributed by atoms with van der Waals surface area (Å²) in [6.45, 7) is -0.494. The molecule has 0 radical (unpaired) electrons. The number of nitrogen functional groups attached to an aromatic ring is 1. The Labute approximate surface area is 107 Å². The normalized spacial score (nSPS) is 27.2. The Morgan fingerprint density at radius 1 is 1.68 bits per heavy atom. The number of hydrogen-bond acceptors (Lipinski definition) is 5. The Morgan fingerprint density at radius 3 is 3.16 bits per heavy atom. The topological polar surface area (TPSA) is 110 Å². The highest BCUT2D eigenvalue weighted by Crippen LogP contribution is 2.40. The van der Waals surface area contributed by atoms with E-state index in [0.29, 0.717) is 12.1 Å². The molecule has 0 spiro atoms. The lowest BCUT2D eigenvalue weighted by molar-refractivity contribution is 0.0741. The fraction of sp³-hybridized carbons (Fsp3) is 0.545. The summed E-state index contributed by atoms with van der Waals surface area (Å²) in [5, 5.41) is 9.05. The average molecular weight is 267 g/mol. The van der Waals surface area contributed by atoms with Crippen LogP contribution in [0.15, 0.2) is 11.1 Å². The standard InChI is InChI=1S/C11H14FN5O2/c12-11(4-18)2-1-6(3-11)17-5-14-7-8(17)15-10(13)16-9(7)19/h5-6,18H,1-4H2,(H3,13,15,16,19)/t6-,11-/m0/s1. The maximum absolute atomic E-state index is 14.0. The van der Waals surface area contributed by atoms with Crippen LogP contribution in [0.1, 0.15) is 25.3 Å². The summed E-state index contributed by atoms with van der Waals surface area (Å²) >= 11 is 0. The molecule has 1 aliphatic carbocycles. The highest BCUT2D eigenvalue weighted by Gasteiger charge is 2.40. The van der Waals surface area contributed by atoms with Gasteiger partial charge in [-0.1, -0.05) is 0 Å². The van der Waals surface area contributed by atoms with Gasteiger partial charge in [-0.05, 0) is 12.8 Å². The number of imidazole rings is 1. The first kappa shape index (κ1) is 12.1. The molecule has 4 N–H and O–H groups in total. The second kappa shape index (κ2) is 4.02. The molecule has 0 aliphatic heterocycles. The number of nitrogens with two attached hydrogens (primary N) is 1. The number of anilines is 1. The van der Waals surface area contributed by atoms with Gasteiger partial charge in [-0.15, -0.1) is 0 Å². The quantitative estimate of drug-likeness (QED) is 0.716. The summed E-state index contributed by atoms with van der Waals surface area (Å²) in [5.41, 5.74) is 4.08. The predicted octanol–water partition coefficient (Wildman–Crippen LogP) is 0.127. The largest absolute Gasteiger partial charge is 0.393 e. The lowest BCUT2D eigenvalue weighted by atomic mass is 10.1. The molecule has 3 rings (SSSR count). The first-order valence-electron chi connectivity index (χ1n) is 6.04. The molecular weight excluding hydrogens is 253 g/mol. The van der Waals surface area contributed by atoms with E-state index < -0.39 is 17.8 Å². The Hall–Kier alpha value is -1.96. The Balaban J connectivity index is 2.05. The third-order valence-electron chi connectivity index (χ3n) is 3.65. The molecule has 102 valence electrons. The third kappa shape index (κ3) is 1.88. The van der Waals surface area contributed by atoms with Crippen molar-refractivity contribution in [3.8, 4) is 0 Å². The van der Waals surface area contributed by atoms with E-state index in [9.17, 15) is 9.18 Å². The average Bonchev–Trinajstić information content (AvgIpc) is 2.94.